The Hall–Kier alpha value is -3.69. The number of carbonyl (C=O) groups excluding carboxylic acids is 1. The van der Waals surface area contributed by atoms with Gasteiger partial charge >= 0.3 is 0 Å². The zero-order chi connectivity index (χ0) is 25.0. The number of nitrogens with one attached hydrogen (secondary N) is 2. The smallest absolute Gasteiger partial charge is 0.262 e. The van der Waals surface area contributed by atoms with Crippen molar-refractivity contribution >= 4 is 38.6 Å². The second-order valence-electron chi connectivity index (χ2n) is 8.06. The van der Waals surface area contributed by atoms with Gasteiger partial charge in [0.25, 0.3) is 15.9 Å². The molecule has 0 bridgehead atoms. The number of anilines is 2. The predicted octanol–water partition coefficient (Wildman–Crippen LogP) is 5.55. The Balaban J connectivity index is 1.35. The molecule has 180 valence electrons. The van der Waals surface area contributed by atoms with Crippen LogP contribution in [0.3, 0.4) is 0 Å². The lowest BCUT2D eigenvalue weighted by atomic mass is 10.1. The van der Waals surface area contributed by atoms with Crippen molar-refractivity contribution in [1.82, 2.24) is 4.98 Å². The SMILES string of the molecule is Cc1ccc(C)c(NS(=O)(=O)c2ccc(OCC(=O)Nc3cccc(-c4csc(C)n4)c3)cc2)c1. The number of hydrogen-bond donors (Lipinski definition) is 2. The Kier molecular flexibility index (Phi) is 7.18. The number of carbonyl (C=O) groups is 1. The van der Waals surface area contributed by atoms with E-state index in [1.165, 1.54) is 24.3 Å². The van der Waals surface area contributed by atoms with Crippen LogP contribution in [0.2, 0.25) is 0 Å². The zero-order valence-electron chi connectivity index (χ0n) is 19.5. The van der Waals surface area contributed by atoms with Crippen LogP contribution in [0.4, 0.5) is 11.4 Å². The zero-order valence-corrected chi connectivity index (χ0v) is 21.2. The average molecular weight is 508 g/mol. The van der Waals surface area contributed by atoms with Gasteiger partial charge in [0.05, 0.1) is 21.3 Å². The highest BCUT2D eigenvalue weighted by Gasteiger charge is 2.16. The number of thiazole rings is 1. The summed E-state index contributed by atoms with van der Waals surface area (Å²) in [6.45, 7) is 5.47. The van der Waals surface area contributed by atoms with E-state index in [1.807, 2.05) is 56.5 Å². The molecule has 9 heteroatoms. The van der Waals surface area contributed by atoms with Gasteiger partial charge in [0.2, 0.25) is 0 Å². The van der Waals surface area contributed by atoms with Crippen LogP contribution in [0, 0.1) is 20.8 Å². The van der Waals surface area contributed by atoms with Gasteiger partial charge in [-0.15, -0.1) is 11.3 Å². The Labute approximate surface area is 208 Å². The van der Waals surface area contributed by atoms with Gasteiger partial charge in [0.15, 0.2) is 6.61 Å². The van der Waals surface area contributed by atoms with Gasteiger partial charge in [-0.25, -0.2) is 13.4 Å². The van der Waals surface area contributed by atoms with Crippen molar-refractivity contribution in [3.63, 3.8) is 0 Å². The molecule has 0 radical (unpaired) electrons. The average Bonchev–Trinajstić information content (AvgIpc) is 3.27. The molecule has 0 aliphatic rings. The van der Waals surface area contributed by atoms with E-state index in [-0.39, 0.29) is 17.4 Å². The minimum atomic E-state index is -3.76. The maximum atomic E-state index is 12.8. The second-order valence-corrected chi connectivity index (χ2v) is 10.8. The number of hydrogen-bond acceptors (Lipinski definition) is 6. The van der Waals surface area contributed by atoms with Gasteiger partial charge < -0.3 is 10.1 Å². The molecule has 0 fully saturated rings. The molecule has 0 aliphatic heterocycles. The summed E-state index contributed by atoms with van der Waals surface area (Å²) in [5, 5.41) is 5.76. The molecule has 0 saturated heterocycles. The molecule has 0 saturated carbocycles. The van der Waals surface area contributed by atoms with Crippen LogP contribution in [-0.4, -0.2) is 25.9 Å². The summed E-state index contributed by atoms with van der Waals surface area (Å²) < 4.78 is 33.7. The molecule has 1 heterocycles. The first kappa shape index (κ1) is 24.4. The van der Waals surface area contributed by atoms with E-state index in [0.29, 0.717) is 17.1 Å². The van der Waals surface area contributed by atoms with Crippen LogP contribution in [0.15, 0.2) is 77.0 Å². The number of rotatable bonds is 8. The molecule has 0 unspecified atom stereocenters. The molecule has 35 heavy (non-hydrogen) atoms. The number of aromatic nitrogens is 1. The fourth-order valence-electron chi connectivity index (χ4n) is 3.36. The standard InChI is InChI=1S/C26H25N3O4S2/c1-17-7-8-18(2)24(13-17)29-35(31,32)23-11-9-22(10-12-23)33-15-26(30)28-21-6-4-5-20(14-21)25-16-34-19(3)27-25/h4-14,16,29H,15H2,1-3H3,(H,28,30). The summed E-state index contributed by atoms with van der Waals surface area (Å²) in [4.78, 5) is 16.9. The number of amides is 1. The lowest BCUT2D eigenvalue weighted by Crippen LogP contribution is -2.20. The summed E-state index contributed by atoms with van der Waals surface area (Å²) in [6.07, 6.45) is 0. The topological polar surface area (TPSA) is 97.4 Å². The molecular weight excluding hydrogens is 482 g/mol. The molecule has 3 aromatic carbocycles. The second kappa shape index (κ2) is 10.3. The summed E-state index contributed by atoms with van der Waals surface area (Å²) in [6, 6.07) is 19.0. The van der Waals surface area contributed by atoms with E-state index < -0.39 is 10.0 Å². The minimum Gasteiger partial charge on any atom is -0.484 e. The summed E-state index contributed by atoms with van der Waals surface area (Å²) in [5.41, 5.74) is 4.75. The lowest BCUT2D eigenvalue weighted by Gasteiger charge is -2.12. The van der Waals surface area contributed by atoms with Crippen molar-refractivity contribution in [1.29, 1.82) is 0 Å². The van der Waals surface area contributed by atoms with E-state index in [0.717, 1.165) is 27.4 Å². The van der Waals surface area contributed by atoms with Crippen LogP contribution in [0.1, 0.15) is 16.1 Å². The highest BCUT2D eigenvalue weighted by molar-refractivity contribution is 7.92. The van der Waals surface area contributed by atoms with E-state index in [1.54, 1.807) is 23.5 Å². The first-order chi connectivity index (χ1) is 16.7. The van der Waals surface area contributed by atoms with Crippen LogP contribution < -0.4 is 14.8 Å². The molecule has 4 rings (SSSR count). The number of aryl methyl sites for hydroxylation is 3. The summed E-state index contributed by atoms with van der Waals surface area (Å²) >= 11 is 1.57. The summed E-state index contributed by atoms with van der Waals surface area (Å²) in [5.74, 6) is 0.0578. The van der Waals surface area contributed by atoms with E-state index in [9.17, 15) is 13.2 Å². The fraction of sp³-hybridized carbons (Fsp3) is 0.154. The monoisotopic (exact) mass is 507 g/mol. The van der Waals surface area contributed by atoms with Gasteiger partial charge in [-0.3, -0.25) is 9.52 Å². The normalized spacial score (nSPS) is 11.2. The van der Waals surface area contributed by atoms with Crippen LogP contribution in [0.25, 0.3) is 11.3 Å². The number of ether oxygens (including phenoxy) is 1. The lowest BCUT2D eigenvalue weighted by molar-refractivity contribution is -0.118. The molecule has 0 atom stereocenters. The molecule has 7 nitrogen and oxygen atoms in total. The van der Waals surface area contributed by atoms with Crippen molar-refractivity contribution in [3.8, 4) is 17.0 Å². The van der Waals surface area contributed by atoms with Crippen LogP contribution in [-0.2, 0) is 14.8 Å². The molecule has 0 spiro atoms. The van der Waals surface area contributed by atoms with E-state index in [2.05, 4.69) is 15.0 Å². The maximum Gasteiger partial charge on any atom is 0.262 e. The largest absolute Gasteiger partial charge is 0.484 e. The first-order valence-electron chi connectivity index (χ1n) is 10.8. The fourth-order valence-corrected chi connectivity index (χ4v) is 5.11. The quantitative estimate of drug-likeness (QED) is 0.326. The van der Waals surface area contributed by atoms with Crippen LogP contribution in [0.5, 0.6) is 5.75 Å². The molecule has 0 aliphatic carbocycles. The highest BCUT2D eigenvalue weighted by atomic mass is 32.2. The van der Waals surface area contributed by atoms with E-state index >= 15 is 0 Å². The molecular formula is C26H25N3O4S2. The maximum absolute atomic E-state index is 12.8. The Bertz CT molecular complexity index is 1460. The number of sulfonamides is 1. The number of nitrogens with zero attached hydrogens (tertiary/aromatic N) is 1. The third-order valence-electron chi connectivity index (χ3n) is 5.20. The van der Waals surface area contributed by atoms with Gasteiger partial charge in [-0.05, 0) is 74.4 Å². The van der Waals surface area contributed by atoms with Crippen molar-refractivity contribution in [2.24, 2.45) is 0 Å². The molecule has 4 aromatic rings. The number of benzene rings is 3. The van der Waals surface area contributed by atoms with Crippen molar-refractivity contribution in [2.75, 3.05) is 16.6 Å². The summed E-state index contributed by atoms with van der Waals surface area (Å²) in [7, 11) is -3.76. The van der Waals surface area contributed by atoms with Crippen molar-refractivity contribution < 1.29 is 17.9 Å². The Morgan fingerprint density at radius 3 is 2.49 bits per heavy atom. The Morgan fingerprint density at radius 2 is 1.77 bits per heavy atom. The molecule has 1 amide bonds. The van der Waals surface area contributed by atoms with Crippen molar-refractivity contribution in [3.05, 3.63) is 88.2 Å². The van der Waals surface area contributed by atoms with Gasteiger partial charge in [0.1, 0.15) is 5.75 Å². The first-order valence-corrected chi connectivity index (χ1v) is 13.2. The third-order valence-corrected chi connectivity index (χ3v) is 7.36. The van der Waals surface area contributed by atoms with E-state index in [4.69, 9.17) is 4.74 Å². The molecule has 2 N–H and O–H groups in total. The highest BCUT2D eigenvalue weighted by Crippen LogP contribution is 2.25. The third kappa shape index (κ3) is 6.26. The van der Waals surface area contributed by atoms with Gasteiger partial charge in [-0.1, -0.05) is 24.3 Å². The van der Waals surface area contributed by atoms with Gasteiger partial charge in [-0.2, -0.15) is 0 Å². The minimum absolute atomic E-state index is 0.101. The molecule has 1 aromatic heterocycles. The van der Waals surface area contributed by atoms with Crippen molar-refractivity contribution in [2.45, 2.75) is 25.7 Å². The van der Waals surface area contributed by atoms with Gasteiger partial charge in [0, 0.05) is 16.6 Å². The van der Waals surface area contributed by atoms with Crippen LogP contribution >= 0.6 is 11.3 Å². The Morgan fingerprint density at radius 1 is 1.00 bits per heavy atom. The predicted molar refractivity (Wildman–Crippen MR) is 140 cm³/mol.